The number of carbonyl (C=O) groups is 2. The first-order chi connectivity index (χ1) is 18.5. The molecule has 1 saturated heterocycles. The largest absolute Gasteiger partial charge is 0.494 e. The first kappa shape index (κ1) is 24.4. The third-order valence-corrected chi connectivity index (χ3v) is 7.78. The van der Waals surface area contributed by atoms with E-state index >= 15 is 0 Å². The topological polar surface area (TPSA) is 146 Å². The van der Waals surface area contributed by atoms with Gasteiger partial charge in [0.25, 0.3) is 5.91 Å². The summed E-state index contributed by atoms with van der Waals surface area (Å²) in [7, 11) is 1.59. The van der Waals surface area contributed by atoms with Gasteiger partial charge in [0.05, 0.1) is 36.3 Å². The van der Waals surface area contributed by atoms with Crippen LogP contribution in [0.1, 0.15) is 61.5 Å². The van der Waals surface area contributed by atoms with Crippen LogP contribution in [0.25, 0.3) is 11.1 Å². The number of ether oxygens (including phenoxy) is 2. The van der Waals surface area contributed by atoms with Crippen LogP contribution in [-0.2, 0) is 9.53 Å². The van der Waals surface area contributed by atoms with Crippen LogP contribution in [0, 0.1) is 5.92 Å². The molecule has 3 fully saturated rings. The van der Waals surface area contributed by atoms with Crippen molar-refractivity contribution in [2.45, 2.75) is 56.6 Å². The quantitative estimate of drug-likeness (QED) is 0.409. The summed E-state index contributed by atoms with van der Waals surface area (Å²) in [5.74, 6) is -0.0391. The highest BCUT2D eigenvalue weighted by atomic mass is 16.5. The van der Waals surface area contributed by atoms with Crippen molar-refractivity contribution in [1.29, 1.82) is 0 Å². The van der Waals surface area contributed by atoms with Crippen molar-refractivity contribution in [3.8, 4) is 16.9 Å². The number of hydrogen-bond donors (Lipinski definition) is 3. The number of nitrogens with zero attached hydrogens (tertiary/aromatic N) is 4. The molecule has 0 unspecified atom stereocenters. The molecule has 198 valence electrons. The second-order valence-corrected chi connectivity index (χ2v) is 10.3. The smallest absolute Gasteiger partial charge is 0.271 e. The van der Waals surface area contributed by atoms with E-state index in [4.69, 9.17) is 20.3 Å². The van der Waals surface area contributed by atoms with Crippen molar-refractivity contribution < 1.29 is 19.1 Å². The minimum Gasteiger partial charge on any atom is -0.494 e. The van der Waals surface area contributed by atoms with E-state index in [1.807, 2.05) is 35.3 Å². The predicted octanol–water partition coefficient (Wildman–Crippen LogP) is 3.81. The Morgan fingerprint density at radius 2 is 2.03 bits per heavy atom. The molecule has 3 aromatic rings. The number of carbonyl (C=O) groups excluding carboxylic acids is 2. The first-order valence-corrected chi connectivity index (χ1v) is 13.1. The Labute approximate surface area is 220 Å². The van der Waals surface area contributed by atoms with Crippen molar-refractivity contribution in [2.24, 2.45) is 11.7 Å². The van der Waals surface area contributed by atoms with Gasteiger partial charge in [0.15, 0.2) is 11.5 Å². The Bertz CT molecular complexity index is 1380. The number of nitrogens with one attached hydrogen (secondary N) is 2. The van der Waals surface area contributed by atoms with Gasteiger partial charge in [0, 0.05) is 35.9 Å². The second-order valence-electron chi connectivity index (χ2n) is 10.3. The van der Waals surface area contributed by atoms with Gasteiger partial charge >= 0.3 is 0 Å². The standard InChI is InChI=1S/C27H31N7O4/c1-37-24-18(17-14-29-34(15-17)21-9-11-27(21)10-2-3-12-38-27)5-4-6-19(24)30-20-13-22(31-26(36)16-7-8-16)32-33-23(20)25(28)35/h4-6,13-16,21H,2-3,7-12H2,1H3,(H2,28,35)(H2,30,31,32,36)/t21-,27+/m1/s1. The zero-order valence-electron chi connectivity index (χ0n) is 21.3. The summed E-state index contributed by atoms with van der Waals surface area (Å²) in [5.41, 5.74) is 8.08. The second kappa shape index (κ2) is 9.71. The van der Waals surface area contributed by atoms with Crippen LogP contribution in [0.3, 0.4) is 0 Å². The van der Waals surface area contributed by atoms with Crippen LogP contribution in [-0.4, -0.2) is 51.1 Å². The van der Waals surface area contributed by atoms with E-state index in [0.29, 0.717) is 17.1 Å². The summed E-state index contributed by atoms with van der Waals surface area (Å²) in [6.07, 6.45) is 11.1. The van der Waals surface area contributed by atoms with Gasteiger partial charge in [-0.25, -0.2) is 0 Å². The minimum absolute atomic E-state index is 0.00112. The normalized spacial score (nSPS) is 22.5. The Balaban J connectivity index is 1.29. The molecule has 1 spiro atoms. The summed E-state index contributed by atoms with van der Waals surface area (Å²) >= 11 is 0. The highest BCUT2D eigenvalue weighted by molar-refractivity contribution is 5.99. The SMILES string of the molecule is COc1c(Nc2cc(NC(=O)C3CC3)nnc2C(N)=O)cccc1-c1cnn([C@@H]2CC[C@@]23CCCCO3)c1. The van der Waals surface area contributed by atoms with Gasteiger partial charge in [-0.1, -0.05) is 12.1 Å². The van der Waals surface area contributed by atoms with Crippen molar-refractivity contribution in [1.82, 2.24) is 20.0 Å². The van der Waals surface area contributed by atoms with Gasteiger partial charge < -0.3 is 25.8 Å². The Morgan fingerprint density at radius 1 is 1.16 bits per heavy atom. The number of rotatable bonds is 8. The number of hydrogen-bond acceptors (Lipinski definition) is 8. The molecule has 3 aliphatic rings. The van der Waals surface area contributed by atoms with Crippen molar-refractivity contribution in [3.63, 3.8) is 0 Å². The van der Waals surface area contributed by atoms with E-state index in [2.05, 4.69) is 20.8 Å². The van der Waals surface area contributed by atoms with Gasteiger partial charge in [-0.3, -0.25) is 14.3 Å². The van der Waals surface area contributed by atoms with Crippen molar-refractivity contribution in [2.75, 3.05) is 24.4 Å². The molecule has 2 atom stereocenters. The Kier molecular flexibility index (Phi) is 6.22. The molecule has 11 nitrogen and oxygen atoms in total. The fourth-order valence-electron chi connectivity index (χ4n) is 5.48. The van der Waals surface area contributed by atoms with Gasteiger partial charge in [0.2, 0.25) is 5.91 Å². The van der Waals surface area contributed by atoms with Crippen LogP contribution in [0.4, 0.5) is 17.2 Å². The number of nitrogens with two attached hydrogens (primary N) is 1. The van der Waals surface area contributed by atoms with Crippen LogP contribution >= 0.6 is 0 Å². The van der Waals surface area contributed by atoms with Gasteiger partial charge in [0.1, 0.15) is 5.75 Å². The van der Waals surface area contributed by atoms with E-state index in [-0.39, 0.29) is 35.0 Å². The third kappa shape index (κ3) is 4.47. The lowest BCUT2D eigenvalue weighted by atomic mass is 9.70. The molecule has 2 amide bonds. The van der Waals surface area contributed by atoms with E-state index in [1.165, 1.54) is 6.42 Å². The molecule has 0 radical (unpaired) electrons. The van der Waals surface area contributed by atoms with E-state index < -0.39 is 5.91 Å². The maximum Gasteiger partial charge on any atom is 0.271 e. The number of methoxy groups -OCH3 is 1. The van der Waals surface area contributed by atoms with Crippen molar-refractivity contribution in [3.05, 3.63) is 42.4 Å². The first-order valence-electron chi connectivity index (χ1n) is 13.1. The number of anilines is 3. The molecule has 1 aromatic carbocycles. The fraction of sp³-hybridized carbons (Fsp3) is 0.444. The van der Waals surface area contributed by atoms with Gasteiger partial charge in [-0.2, -0.15) is 5.10 Å². The summed E-state index contributed by atoms with van der Waals surface area (Å²) < 4.78 is 14.1. The molecular formula is C27H31N7O4. The van der Waals surface area contributed by atoms with E-state index in [1.54, 1.807) is 13.2 Å². The molecule has 0 bridgehead atoms. The number of para-hydroxylation sites is 1. The number of benzene rings is 1. The molecule has 38 heavy (non-hydrogen) atoms. The molecule has 11 heteroatoms. The van der Waals surface area contributed by atoms with Gasteiger partial charge in [-0.05, 0) is 51.0 Å². The molecule has 2 aromatic heterocycles. The lowest BCUT2D eigenvalue weighted by Crippen LogP contribution is -2.52. The molecule has 1 aliphatic heterocycles. The van der Waals surface area contributed by atoms with E-state index in [0.717, 1.165) is 56.3 Å². The monoisotopic (exact) mass is 517 g/mol. The minimum atomic E-state index is -0.740. The molecule has 3 heterocycles. The van der Waals surface area contributed by atoms with Crippen LogP contribution in [0.5, 0.6) is 5.75 Å². The number of amides is 2. The molecule has 2 aliphatic carbocycles. The highest BCUT2D eigenvalue weighted by Crippen LogP contribution is 2.50. The molecule has 6 rings (SSSR count). The van der Waals surface area contributed by atoms with Crippen LogP contribution in [0.2, 0.25) is 0 Å². The maximum absolute atomic E-state index is 12.2. The summed E-state index contributed by atoms with van der Waals surface area (Å²) in [6.45, 7) is 0.815. The number of aromatic nitrogens is 4. The zero-order valence-corrected chi connectivity index (χ0v) is 21.3. The van der Waals surface area contributed by atoms with Gasteiger partial charge in [-0.15, -0.1) is 10.2 Å². The average molecular weight is 518 g/mol. The Hall–Kier alpha value is -3.99. The van der Waals surface area contributed by atoms with Crippen LogP contribution in [0.15, 0.2) is 36.7 Å². The lowest BCUT2D eigenvalue weighted by Gasteiger charge is -2.51. The molecular weight excluding hydrogens is 486 g/mol. The summed E-state index contributed by atoms with van der Waals surface area (Å²) in [4.78, 5) is 24.3. The van der Waals surface area contributed by atoms with Crippen LogP contribution < -0.4 is 21.1 Å². The van der Waals surface area contributed by atoms with Crippen molar-refractivity contribution >= 4 is 29.0 Å². The number of primary amides is 1. The predicted molar refractivity (Wildman–Crippen MR) is 140 cm³/mol. The zero-order chi connectivity index (χ0) is 26.3. The third-order valence-electron chi connectivity index (χ3n) is 7.78. The molecule has 4 N–H and O–H groups in total. The molecule has 2 saturated carbocycles. The average Bonchev–Trinajstić information content (AvgIpc) is 3.67. The summed E-state index contributed by atoms with van der Waals surface area (Å²) in [6, 6.07) is 7.46. The highest BCUT2D eigenvalue weighted by Gasteiger charge is 2.50. The van der Waals surface area contributed by atoms with E-state index in [9.17, 15) is 9.59 Å². The Morgan fingerprint density at radius 3 is 2.71 bits per heavy atom. The fourth-order valence-corrected chi connectivity index (χ4v) is 5.48. The maximum atomic E-state index is 12.2. The summed E-state index contributed by atoms with van der Waals surface area (Å²) in [5, 5.41) is 18.6. The lowest BCUT2D eigenvalue weighted by molar-refractivity contribution is -0.165.